The number of rotatable bonds is 4. The number of nitrogens with one attached hydrogen (secondary N) is 1. The highest BCUT2D eigenvalue weighted by Gasteiger charge is 2.25. The Kier molecular flexibility index (Phi) is 4.10. The second-order valence-electron chi connectivity index (χ2n) is 6.79. The van der Waals surface area contributed by atoms with Gasteiger partial charge in [0.1, 0.15) is 23.0 Å². The Hall–Kier alpha value is -2.90. The van der Waals surface area contributed by atoms with Gasteiger partial charge in [0.2, 0.25) is 5.95 Å². The molecule has 0 unspecified atom stereocenters. The average molecular weight is 353 g/mol. The third-order valence-corrected chi connectivity index (χ3v) is 4.64. The maximum Gasteiger partial charge on any atom is 0.227 e. The fourth-order valence-corrected chi connectivity index (χ4v) is 3.19. The van der Waals surface area contributed by atoms with Gasteiger partial charge in [-0.1, -0.05) is 12.1 Å². The topological polar surface area (TPSA) is 87.0 Å². The summed E-state index contributed by atoms with van der Waals surface area (Å²) in [6, 6.07) is 4.00. The fourth-order valence-electron chi connectivity index (χ4n) is 3.19. The van der Waals surface area contributed by atoms with E-state index in [2.05, 4.69) is 38.2 Å². The Morgan fingerprint density at radius 3 is 2.81 bits per heavy atom. The molecule has 4 rings (SSSR count). The second kappa shape index (κ2) is 6.44. The molecule has 0 fully saturated rings. The van der Waals surface area contributed by atoms with Gasteiger partial charge in [-0.15, -0.1) is 0 Å². The molecule has 1 aliphatic rings. The minimum absolute atomic E-state index is 0.736. The number of hydrogen-bond acceptors (Lipinski definition) is 7. The van der Waals surface area contributed by atoms with E-state index < -0.39 is 0 Å². The van der Waals surface area contributed by atoms with Crippen LogP contribution < -0.4 is 9.80 Å². The molecule has 0 bridgehead atoms. The van der Waals surface area contributed by atoms with E-state index in [0.717, 1.165) is 71.8 Å². The summed E-state index contributed by atoms with van der Waals surface area (Å²) >= 11 is 0. The van der Waals surface area contributed by atoms with Crippen molar-refractivity contribution in [2.75, 3.05) is 30.4 Å². The van der Waals surface area contributed by atoms with Crippen LogP contribution in [0.1, 0.15) is 29.6 Å². The van der Waals surface area contributed by atoms with E-state index in [4.69, 9.17) is 9.51 Å². The molecule has 0 saturated carbocycles. The molecule has 0 radical (unpaired) electrons. The molecule has 0 aliphatic carbocycles. The molecule has 8 nitrogen and oxygen atoms in total. The van der Waals surface area contributed by atoms with Crippen molar-refractivity contribution in [1.82, 2.24) is 25.3 Å². The number of nitrogens with zero attached hydrogens (tertiary/aromatic N) is 6. The maximum atomic E-state index is 5.22. The smallest absolute Gasteiger partial charge is 0.227 e. The van der Waals surface area contributed by atoms with Gasteiger partial charge in [0, 0.05) is 62.7 Å². The van der Waals surface area contributed by atoms with Crippen molar-refractivity contribution >= 4 is 11.8 Å². The van der Waals surface area contributed by atoms with Gasteiger partial charge >= 0.3 is 0 Å². The minimum Gasteiger partial charge on any atom is -0.361 e. The zero-order chi connectivity index (χ0) is 18.3. The van der Waals surface area contributed by atoms with E-state index in [1.807, 2.05) is 32.0 Å². The predicted octanol–water partition coefficient (Wildman–Crippen LogP) is 2.35. The van der Waals surface area contributed by atoms with E-state index in [0.29, 0.717) is 0 Å². The highest BCUT2D eigenvalue weighted by Crippen LogP contribution is 2.30. The van der Waals surface area contributed by atoms with E-state index in [-0.39, 0.29) is 0 Å². The van der Waals surface area contributed by atoms with Gasteiger partial charge in [-0.25, -0.2) is 4.98 Å². The lowest BCUT2D eigenvalue weighted by molar-refractivity contribution is 0.399. The maximum absolute atomic E-state index is 5.22. The molecule has 1 N–H and O–H groups in total. The van der Waals surface area contributed by atoms with Gasteiger partial charge in [-0.3, -0.25) is 5.10 Å². The van der Waals surface area contributed by atoms with Crippen molar-refractivity contribution in [3.05, 3.63) is 34.8 Å². The summed E-state index contributed by atoms with van der Waals surface area (Å²) in [6.07, 6.45) is 1.77. The quantitative estimate of drug-likeness (QED) is 0.770. The molecule has 0 atom stereocenters. The Morgan fingerprint density at radius 1 is 1.27 bits per heavy atom. The van der Waals surface area contributed by atoms with E-state index in [1.54, 1.807) is 0 Å². The van der Waals surface area contributed by atoms with Crippen molar-refractivity contribution in [2.24, 2.45) is 0 Å². The lowest BCUT2D eigenvalue weighted by atomic mass is 10.0. The molecule has 1 aliphatic heterocycles. The molecule has 0 amide bonds. The number of hydrogen-bond donors (Lipinski definition) is 1. The van der Waals surface area contributed by atoms with Gasteiger partial charge < -0.3 is 14.3 Å². The van der Waals surface area contributed by atoms with Gasteiger partial charge in [0.25, 0.3) is 0 Å². The molecule has 3 aromatic heterocycles. The first kappa shape index (κ1) is 16.6. The van der Waals surface area contributed by atoms with Crippen molar-refractivity contribution in [1.29, 1.82) is 0 Å². The molecule has 0 spiro atoms. The summed E-state index contributed by atoms with van der Waals surface area (Å²) < 4.78 is 5.22. The van der Waals surface area contributed by atoms with Crippen LogP contribution in [0.3, 0.4) is 0 Å². The monoisotopic (exact) mass is 353 g/mol. The molecule has 136 valence electrons. The predicted molar refractivity (Wildman–Crippen MR) is 99.3 cm³/mol. The molecule has 26 heavy (non-hydrogen) atoms. The molecule has 0 saturated heterocycles. The largest absolute Gasteiger partial charge is 0.361 e. The Balaban J connectivity index is 1.69. The van der Waals surface area contributed by atoms with E-state index in [1.165, 1.54) is 0 Å². The average Bonchev–Trinajstić information content (AvgIpc) is 3.26. The summed E-state index contributed by atoms with van der Waals surface area (Å²) in [7, 11) is 3.93. The van der Waals surface area contributed by atoms with Gasteiger partial charge in [0.15, 0.2) is 0 Å². The normalized spacial score (nSPS) is 13.8. The first-order valence-corrected chi connectivity index (χ1v) is 8.85. The summed E-state index contributed by atoms with van der Waals surface area (Å²) in [4.78, 5) is 13.6. The van der Waals surface area contributed by atoms with Gasteiger partial charge in [0.05, 0.1) is 0 Å². The number of aromatic nitrogens is 5. The second-order valence-corrected chi connectivity index (χ2v) is 6.79. The van der Waals surface area contributed by atoms with Crippen LogP contribution in [0.4, 0.5) is 11.8 Å². The van der Waals surface area contributed by atoms with Crippen molar-refractivity contribution in [2.45, 2.75) is 33.2 Å². The van der Waals surface area contributed by atoms with Gasteiger partial charge in [-0.05, 0) is 13.3 Å². The molecule has 8 heteroatoms. The fraction of sp³-hybridized carbons (Fsp3) is 0.444. The van der Waals surface area contributed by atoms with Crippen LogP contribution in [0.15, 0.2) is 16.7 Å². The van der Waals surface area contributed by atoms with Crippen LogP contribution >= 0.6 is 0 Å². The van der Waals surface area contributed by atoms with E-state index in [9.17, 15) is 0 Å². The molecular weight excluding hydrogens is 330 g/mol. The highest BCUT2D eigenvalue weighted by atomic mass is 16.5. The van der Waals surface area contributed by atoms with Crippen LogP contribution in [0.2, 0.25) is 0 Å². The Morgan fingerprint density at radius 2 is 2.12 bits per heavy atom. The summed E-state index contributed by atoms with van der Waals surface area (Å²) in [5, 5.41) is 11.8. The summed E-state index contributed by atoms with van der Waals surface area (Å²) in [5.41, 5.74) is 5.00. The van der Waals surface area contributed by atoms with Crippen LogP contribution in [0.25, 0.3) is 11.4 Å². The number of aromatic amines is 1. The van der Waals surface area contributed by atoms with Crippen LogP contribution in [-0.4, -0.2) is 46.0 Å². The summed E-state index contributed by atoms with van der Waals surface area (Å²) in [6.45, 7) is 5.62. The van der Waals surface area contributed by atoms with Crippen molar-refractivity contribution in [3.8, 4) is 11.4 Å². The van der Waals surface area contributed by atoms with Crippen molar-refractivity contribution in [3.63, 3.8) is 0 Å². The molecular formula is C18H23N7O. The zero-order valence-electron chi connectivity index (χ0n) is 15.6. The number of aryl methyl sites for hydroxylation is 2. The Labute approximate surface area is 152 Å². The number of H-pyrrole nitrogens is 1. The van der Waals surface area contributed by atoms with Gasteiger partial charge in [-0.2, -0.15) is 10.1 Å². The standard InChI is InChI=1S/C18H23N7O/c1-5-12-9-16(20-18(19-12)24(3)4)25-7-6-14-13(10-25)17(22-21-14)15-8-11(2)26-23-15/h8-9H,5-7,10H2,1-4H3,(H,21,22). The Bertz CT molecular complexity index is 928. The van der Waals surface area contributed by atoms with Crippen LogP contribution in [0, 0.1) is 6.92 Å². The molecule has 4 heterocycles. The first-order chi connectivity index (χ1) is 12.5. The van der Waals surface area contributed by atoms with Crippen LogP contribution in [-0.2, 0) is 19.4 Å². The minimum atomic E-state index is 0.736. The van der Waals surface area contributed by atoms with E-state index >= 15 is 0 Å². The number of anilines is 2. The first-order valence-electron chi connectivity index (χ1n) is 8.85. The lowest BCUT2D eigenvalue weighted by Crippen LogP contribution is -2.31. The SMILES string of the molecule is CCc1cc(N2CCc3[nH]nc(-c4cc(C)on4)c3C2)nc(N(C)C)n1. The highest BCUT2D eigenvalue weighted by molar-refractivity contribution is 5.62. The van der Waals surface area contributed by atoms with Crippen molar-refractivity contribution < 1.29 is 4.52 Å². The third kappa shape index (κ3) is 2.91. The van der Waals surface area contributed by atoms with Crippen LogP contribution in [0.5, 0.6) is 0 Å². The molecule has 0 aromatic carbocycles. The third-order valence-electron chi connectivity index (χ3n) is 4.64. The molecule has 3 aromatic rings. The lowest BCUT2D eigenvalue weighted by Gasteiger charge is -2.29. The number of fused-ring (bicyclic) bond motifs is 1. The zero-order valence-corrected chi connectivity index (χ0v) is 15.6. The summed E-state index contributed by atoms with van der Waals surface area (Å²) in [5.74, 6) is 2.47.